The van der Waals surface area contributed by atoms with Crippen molar-refractivity contribution >= 4 is 11.5 Å². The zero-order valence-electron chi connectivity index (χ0n) is 8.68. The minimum absolute atomic E-state index is 0.00505. The summed E-state index contributed by atoms with van der Waals surface area (Å²) in [5.41, 5.74) is 7.65. The van der Waals surface area contributed by atoms with Gasteiger partial charge in [0.05, 0.1) is 5.69 Å². The minimum Gasteiger partial charge on any atom is -0.396 e. The molecule has 0 fully saturated rings. The Morgan fingerprint density at radius 2 is 2.00 bits per heavy atom. The molecule has 0 saturated carbocycles. The lowest BCUT2D eigenvalue weighted by molar-refractivity contribution is 0.631. The Labute approximate surface area is 79.4 Å². The smallest absolute Gasteiger partial charge is 0.149 e. The Kier molecular flexibility index (Phi) is 2.45. The number of aryl methyl sites for hydroxylation is 1. The largest absolute Gasteiger partial charge is 0.396 e. The van der Waals surface area contributed by atoms with Gasteiger partial charge in [0, 0.05) is 11.7 Å². The van der Waals surface area contributed by atoms with Crippen LogP contribution in [0.25, 0.3) is 0 Å². The van der Waals surface area contributed by atoms with Crippen molar-refractivity contribution in [2.75, 3.05) is 11.1 Å². The van der Waals surface area contributed by atoms with Crippen LogP contribution in [-0.4, -0.2) is 10.5 Å². The quantitative estimate of drug-likeness (QED) is 0.694. The zero-order chi connectivity index (χ0) is 10.1. The number of aromatic nitrogens is 1. The molecule has 0 aromatic carbocycles. The molecule has 0 spiro atoms. The highest BCUT2D eigenvalue weighted by Gasteiger charge is 2.12. The second-order valence-electron chi connectivity index (χ2n) is 4.27. The van der Waals surface area contributed by atoms with Crippen molar-refractivity contribution in [1.29, 1.82) is 0 Å². The zero-order valence-corrected chi connectivity index (χ0v) is 8.68. The number of nitrogens with two attached hydrogens (primary N) is 1. The molecule has 0 amide bonds. The summed E-state index contributed by atoms with van der Waals surface area (Å²) in [6.45, 7) is 8.22. The maximum atomic E-state index is 5.86. The number of hydrogen-bond acceptors (Lipinski definition) is 3. The van der Waals surface area contributed by atoms with Gasteiger partial charge in [-0.15, -0.1) is 0 Å². The maximum Gasteiger partial charge on any atom is 0.149 e. The summed E-state index contributed by atoms with van der Waals surface area (Å²) in [5.74, 6) is 0.771. The van der Waals surface area contributed by atoms with E-state index in [-0.39, 0.29) is 5.54 Å². The summed E-state index contributed by atoms with van der Waals surface area (Å²) in [7, 11) is 0. The third-order valence-electron chi connectivity index (χ3n) is 1.70. The Morgan fingerprint density at radius 3 is 2.54 bits per heavy atom. The molecule has 0 atom stereocenters. The van der Waals surface area contributed by atoms with Gasteiger partial charge in [-0.3, -0.25) is 0 Å². The van der Waals surface area contributed by atoms with Crippen LogP contribution in [0, 0.1) is 6.92 Å². The lowest BCUT2D eigenvalue weighted by Gasteiger charge is -2.22. The summed E-state index contributed by atoms with van der Waals surface area (Å²) in [4.78, 5) is 4.19. The highest BCUT2D eigenvalue weighted by Crippen LogP contribution is 2.21. The van der Waals surface area contributed by atoms with E-state index >= 15 is 0 Å². The molecule has 0 aliphatic rings. The van der Waals surface area contributed by atoms with Crippen molar-refractivity contribution in [3.63, 3.8) is 0 Å². The van der Waals surface area contributed by atoms with Crippen LogP contribution in [0.4, 0.5) is 11.5 Å². The topological polar surface area (TPSA) is 50.9 Å². The van der Waals surface area contributed by atoms with Crippen LogP contribution in [0.2, 0.25) is 0 Å². The van der Waals surface area contributed by atoms with Gasteiger partial charge >= 0.3 is 0 Å². The monoisotopic (exact) mass is 179 g/mol. The number of hydrogen-bond donors (Lipinski definition) is 2. The molecule has 0 bridgehead atoms. The van der Waals surface area contributed by atoms with Gasteiger partial charge in [-0.05, 0) is 39.3 Å². The molecule has 3 heteroatoms. The van der Waals surface area contributed by atoms with Crippen LogP contribution >= 0.6 is 0 Å². The van der Waals surface area contributed by atoms with Crippen molar-refractivity contribution in [3.8, 4) is 0 Å². The van der Waals surface area contributed by atoms with Crippen LogP contribution in [0.3, 0.4) is 0 Å². The summed E-state index contributed by atoms with van der Waals surface area (Å²) in [5, 5.41) is 3.25. The van der Waals surface area contributed by atoms with E-state index < -0.39 is 0 Å². The molecular weight excluding hydrogens is 162 g/mol. The van der Waals surface area contributed by atoms with E-state index in [2.05, 4.69) is 31.1 Å². The molecule has 1 aromatic heterocycles. The van der Waals surface area contributed by atoms with Crippen LogP contribution < -0.4 is 11.1 Å². The van der Waals surface area contributed by atoms with Gasteiger partial charge < -0.3 is 11.1 Å². The average Bonchev–Trinajstić information content (AvgIpc) is 1.96. The molecule has 13 heavy (non-hydrogen) atoms. The van der Waals surface area contributed by atoms with Gasteiger partial charge in [-0.25, -0.2) is 4.98 Å². The third-order valence-corrected chi connectivity index (χ3v) is 1.70. The van der Waals surface area contributed by atoms with E-state index in [0.717, 1.165) is 17.1 Å². The molecule has 1 aromatic rings. The molecule has 3 N–H and O–H groups in total. The van der Waals surface area contributed by atoms with Crippen LogP contribution in [-0.2, 0) is 0 Å². The number of nitrogens with one attached hydrogen (secondary N) is 1. The van der Waals surface area contributed by atoms with E-state index in [9.17, 15) is 0 Å². The van der Waals surface area contributed by atoms with Crippen molar-refractivity contribution in [3.05, 3.63) is 17.8 Å². The predicted molar refractivity (Wildman–Crippen MR) is 56.8 cm³/mol. The highest BCUT2D eigenvalue weighted by atomic mass is 15.1. The molecule has 1 heterocycles. The van der Waals surface area contributed by atoms with Crippen molar-refractivity contribution in [2.45, 2.75) is 33.2 Å². The summed E-state index contributed by atoms with van der Waals surface area (Å²) >= 11 is 0. The molecule has 3 nitrogen and oxygen atoms in total. The first kappa shape index (κ1) is 9.84. The lowest BCUT2D eigenvalue weighted by Crippen LogP contribution is -2.27. The van der Waals surface area contributed by atoms with Crippen LogP contribution in [0.15, 0.2) is 12.3 Å². The first-order valence-corrected chi connectivity index (χ1v) is 4.39. The van der Waals surface area contributed by atoms with Gasteiger partial charge in [0.25, 0.3) is 0 Å². The normalized spacial score (nSPS) is 11.4. The Bertz CT molecular complexity index is 300. The SMILES string of the molecule is Cc1ccnc(NC(C)(C)C)c1N. The Morgan fingerprint density at radius 1 is 1.38 bits per heavy atom. The van der Waals surface area contributed by atoms with Crippen LogP contribution in [0.1, 0.15) is 26.3 Å². The summed E-state index contributed by atoms with van der Waals surface area (Å²) in [6.07, 6.45) is 1.76. The van der Waals surface area contributed by atoms with Crippen molar-refractivity contribution in [1.82, 2.24) is 4.98 Å². The van der Waals surface area contributed by atoms with E-state index in [1.165, 1.54) is 0 Å². The van der Waals surface area contributed by atoms with Gasteiger partial charge in [0.15, 0.2) is 0 Å². The molecule has 0 radical (unpaired) electrons. The van der Waals surface area contributed by atoms with E-state index in [1.807, 2.05) is 13.0 Å². The summed E-state index contributed by atoms with van der Waals surface area (Å²) < 4.78 is 0. The lowest BCUT2D eigenvalue weighted by atomic mass is 10.1. The predicted octanol–water partition coefficient (Wildman–Crippen LogP) is 2.18. The summed E-state index contributed by atoms with van der Waals surface area (Å²) in [6, 6.07) is 1.91. The average molecular weight is 179 g/mol. The molecule has 1 rings (SSSR count). The molecule has 0 saturated heterocycles. The highest BCUT2D eigenvalue weighted by molar-refractivity contribution is 5.65. The number of pyridine rings is 1. The molecule has 0 aliphatic carbocycles. The van der Waals surface area contributed by atoms with E-state index in [0.29, 0.717) is 0 Å². The minimum atomic E-state index is -0.00505. The molecule has 0 aliphatic heterocycles. The second-order valence-corrected chi connectivity index (χ2v) is 4.27. The fraction of sp³-hybridized carbons (Fsp3) is 0.500. The second kappa shape index (κ2) is 3.24. The van der Waals surface area contributed by atoms with Crippen molar-refractivity contribution < 1.29 is 0 Å². The first-order chi connectivity index (χ1) is 5.90. The van der Waals surface area contributed by atoms with E-state index in [1.54, 1.807) is 6.20 Å². The van der Waals surface area contributed by atoms with E-state index in [4.69, 9.17) is 5.73 Å². The fourth-order valence-corrected chi connectivity index (χ4v) is 1.02. The Balaban J connectivity index is 2.96. The first-order valence-electron chi connectivity index (χ1n) is 4.39. The number of nitrogens with zero attached hydrogens (tertiary/aromatic N) is 1. The van der Waals surface area contributed by atoms with Crippen molar-refractivity contribution in [2.24, 2.45) is 0 Å². The number of anilines is 2. The maximum absolute atomic E-state index is 5.86. The van der Waals surface area contributed by atoms with Gasteiger partial charge in [-0.2, -0.15) is 0 Å². The molecule has 72 valence electrons. The van der Waals surface area contributed by atoms with Crippen LogP contribution in [0.5, 0.6) is 0 Å². The van der Waals surface area contributed by atoms with Gasteiger partial charge in [0.1, 0.15) is 5.82 Å². The standard InChI is InChI=1S/C10H17N3/c1-7-5-6-12-9(8(7)11)13-10(2,3)4/h5-6H,11H2,1-4H3,(H,12,13). The van der Waals surface area contributed by atoms with Gasteiger partial charge in [0.2, 0.25) is 0 Å². The number of rotatable bonds is 1. The molecular formula is C10H17N3. The van der Waals surface area contributed by atoms with Gasteiger partial charge in [-0.1, -0.05) is 0 Å². The fourth-order valence-electron chi connectivity index (χ4n) is 1.02. The third kappa shape index (κ3) is 2.61. The Hall–Kier alpha value is -1.25. The number of nitrogen functional groups attached to an aromatic ring is 1. The molecule has 0 unspecified atom stereocenters.